The zero-order chi connectivity index (χ0) is 8.69. The SMILES string of the molecule is CCCCCC(=O)C(=O)OO. The predicted octanol–water partition coefficient (Wildman–Crippen LogP) is 1.15. The molecule has 0 atom stereocenters. The van der Waals surface area contributed by atoms with Gasteiger partial charge in [-0.05, 0) is 6.42 Å². The van der Waals surface area contributed by atoms with Crippen molar-refractivity contribution in [3.63, 3.8) is 0 Å². The highest BCUT2D eigenvalue weighted by molar-refractivity contribution is 6.33. The first-order valence-electron chi connectivity index (χ1n) is 3.61. The summed E-state index contributed by atoms with van der Waals surface area (Å²) in [6.07, 6.45) is 2.73. The van der Waals surface area contributed by atoms with Gasteiger partial charge in [-0.1, -0.05) is 19.8 Å². The van der Waals surface area contributed by atoms with Crippen LogP contribution in [0.1, 0.15) is 32.6 Å². The molecule has 0 bridgehead atoms. The van der Waals surface area contributed by atoms with Crippen LogP contribution in [-0.2, 0) is 14.5 Å². The lowest BCUT2D eigenvalue weighted by molar-refractivity contribution is -0.232. The monoisotopic (exact) mass is 160 g/mol. The highest BCUT2D eigenvalue weighted by Crippen LogP contribution is 1.99. The molecule has 0 rings (SSSR count). The largest absolute Gasteiger partial charge is 0.408 e. The van der Waals surface area contributed by atoms with E-state index in [0.717, 1.165) is 12.8 Å². The van der Waals surface area contributed by atoms with Gasteiger partial charge in [-0.25, -0.2) is 4.79 Å². The van der Waals surface area contributed by atoms with Crippen LogP contribution in [-0.4, -0.2) is 17.0 Å². The van der Waals surface area contributed by atoms with Gasteiger partial charge in [0, 0.05) is 6.42 Å². The van der Waals surface area contributed by atoms with E-state index in [9.17, 15) is 9.59 Å². The molecular weight excluding hydrogens is 148 g/mol. The summed E-state index contributed by atoms with van der Waals surface area (Å²) in [6.45, 7) is 1.99. The molecule has 0 amide bonds. The second kappa shape index (κ2) is 5.85. The number of unbranched alkanes of at least 4 members (excludes halogenated alkanes) is 2. The van der Waals surface area contributed by atoms with Crippen LogP contribution in [0.4, 0.5) is 0 Å². The molecule has 0 aliphatic carbocycles. The summed E-state index contributed by atoms with van der Waals surface area (Å²) in [5.74, 6) is -1.83. The van der Waals surface area contributed by atoms with E-state index in [-0.39, 0.29) is 6.42 Å². The summed E-state index contributed by atoms with van der Waals surface area (Å²) in [5.41, 5.74) is 0. The number of ketones is 1. The van der Waals surface area contributed by atoms with E-state index < -0.39 is 11.8 Å². The van der Waals surface area contributed by atoms with Gasteiger partial charge in [0.2, 0.25) is 5.78 Å². The highest BCUT2D eigenvalue weighted by atomic mass is 17.1. The fourth-order valence-corrected chi connectivity index (χ4v) is 0.689. The smallest absolute Gasteiger partial charge is 0.292 e. The van der Waals surface area contributed by atoms with Gasteiger partial charge in [0.15, 0.2) is 0 Å². The van der Waals surface area contributed by atoms with Crippen LogP contribution in [0.25, 0.3) is 0 Å². The Morgan fingerprint density at radius 2 is 2.00 bits per heavy atom. The van der Waals surface area contributed by atoms with Gasteiger partial charge in [0.05, 0.1) is 0 Å². The molecule has 0 aliphatic rings. The topological polar surface area (TPSA) is 63.6 Å². The number of carbonyl (C=O) groups excluding carboxylic acids is 2. The first kappa shape index (κ1) is 10.1. The minimum Gasteiger partial charge on any atom is -0.292 e. The molecule has 0 aliphatic heterocycles. The molecule has 4 nitrogen and oxygen atoms in total. The second-order valence-corrected chi connectivity index (χ2v) is 2.26. The highest BCUT2D eigenvalue weighted by Gasteiger charge is 2.13. The third-order valence-corrected chi connectivity index (χ3v) is 1.32. The Balaban J connectivity index is 3.44. The van der Waals surface area contributed by atoms with Gasteiger partial charge in [0.25, 0.3) is 0 Å². The number of rotatable bonds is 5. The number of Topliss-reactive ketones (excluding diaryl/α,β-unsaturated/α-hetero) is 1. The van der Waals surface area contributed by atoms with Crippen LogP contribution in [0, 0.1) is 0 Å². The van der Waals surface area contributed by atoms with Crippen molar-refractivity contribution in [2.45, 2.75) is 32.6 Å². The van der Waals surface area contributed by atoms with Crippen LogP contribution >= 0.6 is 0 Å². The lowest BCUT2D eigenvalue weighted by atomic mass is 10.1. The number of hydrogen-bond acceptors (Lipinski definition) is 4. The quantitative estimate of drug-likeness (QED) is 0.283. The fourth-order valence-electron chi connectivity index (χ4n) is 0.689. The van der Waals surface area contributed by atoms with Crippen molar-refractivity contribution in [2.24, 2.45) is 0 Å². The molecule has 11 heavy (non-hydrogen) atoms. The molecule has 0 aromatic rings. The summed E-state index contributed by atoms with van der Waals surface area (Å²) in [4.78, 5) is 24.2. The van der Waals surface area contributed by atoms with Crippen LogP contribution in [0.2, 0.25) is 0 Å². The Bertz CT molecular complexity index is 141. The third kappa shape index (κ3) is 4.50. The Labute approximate surface area is 65.1 Å². The van der Waals surface area contributed by atoms with E-state index in [1.54, 1.807) is 0 Å². The van der Waals surface area contributed by atoms with Crippen molar-refractivity contribution < 1.29 is 19.7 Å². The normalized spacial score (nSPS) is 9.27. The summed E-state index contributed by atoms with van der Waals surface area (Å²) < 4.78 is 0. The lowest BCUT2D eigenvalue weighted by Crippen LogP contribution is -2.15. The molecule has 0 heterocycles. The molecule has 0 radical (unpaired) electrons. The van der Waals surface area contributed by atoms with Gasteiger partial charge in [0.1, 0.15) is 0 Å². The van der Waals surface area contributed by atoms with Crippen molar-refractivity contribution in [2.75, 3.05) is 0 Å². The average molecular weight is 160 g/mol. The van der Waals surface area contributed by atoms with E-state index >= 15 is 0 Å². The van der Waals surface area contributed by atoms with Crippen molar-refractivity contribution in [3.05, 3.63) is 0 Å². The molecule has 0 spiro atoms. The van der Waals surface area contributed by atoms with E-state index in [1.807, 2.05) is 6.92 Å². The molecule has 0 saturated heterocycles. The second-order valence-electron chi connectivity index (χ2n) is 2.26. The molecule has 4 heteroatoms. The summed E-state index contributed by atoms with van der Waals surface area (Å²) in [6, 6.07) is 0. The van der Waals surface area contributed by atoms with Crippen LogP contribution < -0.4 is 0 Å². The van der Waals surface area contributed by atoms with Crippen molar-refractivity contribution in [3.8, 4) is 0 Å². The van der Waals surface area contributed by atoms with E-state index in [0.29, 0.717) is 6.42 Å². The van der Waals surface area contributed by atoms with Crippen LogP contribution in [0.3, 0.4) is 0 Å². The first-order chi connectivity index (χ1) is 5.22. The maximum Gasteiger partial charge on any atom is 0.408 e. The molecule has 0 aromatic carbocycles. The van der Waals surface area contributed by atoms with Gasteiger partial charge in [-0.3, -0.25) is 9.68 Å². The maximum absolute atomic E-state index is 10.6. The van der Waals surface area contributed by atoms with Crippen molar-refractivity contribution in [1.82, 2.24) is 0 Å². The lowest BCUT2D eigenvalue weighted by Gasteiger charge is -1.94. The number of hydrogen-bond donors (Lipinski definition) is 1. The summed E-state index contributed by atoms with van der Waals surface area (Å²) in [5, 5.41) is 7.79. The number of carbonyl (C=O) groups is 2. The van der Waals surface area contributed by atoms with Gasteiger partial charge >= 0.3 is 5.97 Å². The van der Waals surface area contributed by atoms with Gasteiger partial charge in [-0.2, -0.15) is 5.26 Å². The minimum absolute atomic E-state index is 0.160. The van der Waals surface area contributed by atoms with Gasteiger partial charge in [-0.15, -0.1) is 0 Å². The molecule has 0 aromatic heterocycles. The molecule has 0 fully saturated rings. The standard InChI is InChI=1S/C7H12O4/c1-2-3-4-5-6(8)7(9)11-10/h10H,2-5H2,1H3. The zero-order valence-corrected chi connectivity index (χ0v) is 6.50. The maximum atomic E-state index is 10.6. The predicted molar refractivity (Wildman–Crippen MR) is 37.9 cm³/mol. The molecule has 64 valence electrons. The van der Waals surface area contributed by atoms with E-state index in [4.69, 9.17) is 5.26 Å². The fraction of sp³-hybridized carbons (Fsp3) is 0.714. The van der Waals surface area contributed by atoms with Crippen LogP contribution in [0.5, 0.6) is 0 Å². The minimum atomic E-state index is -1.17. The molecular formula is C7H12O4. The van der Waals surface area contributed by atoms with Crippen molar-refractivity contribution in [1.29, 1.82) is 0 Å². The molecule has 0 saturated carbocycles. The third-order valence-electron chi connectivity index (χ3n) is 1.32. The Morgan fingerprint density at radius 3 is 2.45 bits per heavy atom. The van der Waals surface area contributed by atoms with Gasteiger partial charge < -0.3 is 0 Å². The first-order valence-corrected chi connectivity index (χ1v) is 3.61. The molecule has 0 unspecified atom stereocenters. The van der Waals surface area contributed by atoms with Crippen LogP contribution in [0.15, 0.2) is 0 Å². The zero-order valence-electron chi connectivity index (χ0n) is 6.50. The Morgan fingerprint density at radius 1 is 1.36 bits per heavy atom. The Hall–Kier alpha value is -0.900. The van der Waals surface area contributed by atoms with E-state index in [2.05, 4.69) is 4.89 Å². The molecule has 1 N–H and O–H groups in total. The average Bonchev–Trinajstić information content (AvgIpc) is 2.03. The van der Waals surface area contributed by atoms with E-state index in [1.165, 1.54) is 0 Å². The Kier molecular flexibility index (Phi) is 5.37. The summed E-state index contributed by atoms with van der Waals surface area (Å²) >= 11 is 0. The van der Waals surface area contributed by atoms with Crippen molar-refractivity contribution >= 4 is 11.8 Å². The summed E-state index contributed by atoms with van der Waals surface area (Å²) in [7, 11) is 0.